The molecule has 3 aromatic rings. The number of aryl methyl sites for hydroxylation is 1. The molecule has 2 N–H and O–H groups in total. The van der Waals surface area contributed by atoms with E-state index in [9.17, 15) is 18.4 Å². The lowest BCUT2D eigenvalue weighted by Crippen LogP contribution is -2.41. The molecule has 3 heterocycles. The van der Waals surface area contributed by atoms with Crippen LogP contribution in [-0.4, -0.2) is 30.3 Å². The van der Waals surface area contributed by atoms with E-state index in [2.05, 4.69) is 10.3 Å². The van der Waals surface area contributed by atoms with Gasteiger partial charge in [-0.2, -0.15) is 0 Å². The molecule has 1 aliphatic heterocycles. The molecule has 164 valence electrons. The summed E-state index contributed by atoms with van der Waals surface area (Å²) in [6.45, 7) is 6.97. The highest BCUT2D eigenvalue weighted by atomic mass is 32.2. The van der Waals surface area contributed by atoms with E-state index in [1.54, 1.807) is 51.5 Å². The molecule has 4 rings (SSSR count). The molecule has 9 heteroatoms. The van der Waals surface area contributed by atoms with Gasteiger partial charge in [0, 0.05) is 36.0 Å². The lowest BCUT2D eigenvalue weighted by atomic mass is 9.92. The molecule has 1 amide bonds. The average Bonchev–Trinajstić information content (AvgIpc) is 3.19. The molecule has 0 spiro atoms. The predicted molar refractivity (Wildman–Crippen MR) is 119 cm³/mol. The smallest absolute Gasteiger partial charge is 0.274 e. The Hall–Kier alpha value is -2.91. The Morgan fingerprint density at radius 3 is 2.58 bits per heavy atom. The van der Waals surface area contributed by atoms with E-state index < -0.39 is 21.9 Å². The topological polar surface area (TPSA) is 116 Å². The van der Waals surface area contributed by atoms with Crippen LogP contribution in [0.4, 0.5) is 5.69 Å². The Balaban J connectivity index is 2.06. The zero-order chi connectivity index (χ0) is 22.7. The van der Waals surface area contributed by atoms with Gasteiger partial charge in [-0.3, -0.25) is 13.8 Å². The zero-order valence-electron chi connectivity index (χ0n) is 17.9. The van der Waals surface area contributed by atoms with Crippen LogP contribution >= 0.6 is 0 Å². The molecule has 31 heavy (non-hydrogen) atoms. The highest BCUT2D eigenvalue weighted by molar-refractivity contribution is 7.80. The summed E-state index contributed by atoms with van der Waals surface area (Å²) in [4.78, 5) is 28.1. The van der Waals surface area contributed by atoms with Crippen molar-refractivity contribution in [1.29, 1.82) is 0 Å². The monoisotopic (exact) mass is 442 g/mol. The van der Waals surface area contributed by atoms with E-state index in [0.29, 0.717) is 39.0 Å². The van der Waals surface area contributed by atoms with E-state index in [0.717, 1.165) is 0 Å². The SMILES string of the molecule is CC(C)C1Oc2c(cc(C(C)(C)S(=O)[O-])cc2-c2cn(C)c(=O)c3[nH]ccc23)NC1=O. The number of anilines is 1. The number of rotatable bonds is 4. The normalized spacial score (nSPS) is 17.4. The van der Waals surface area contributed by atoms with Gasteiger partial charge in [0.15, 0.2) is 11.9 Å². The van der Waals surface area contributed by atoms with Crippen LogP contribution in [0.5, 0.6) is 5.75 Å². The number of ether oxygens (including phenoxy) is 1. The first kappa shape index (κ1) is 21.3. The number of nitrogens with zero attached hydrogens (tertiary/aromatic N) is 1. The maximum Gasteiger partial charge on any atom is 0.274 e. The van der Waals surface area contributed by atoms with E-state index in [1.807, 2.05) is 13.8 Å². The van der Waals surface area contributed by atoms with Crippen LogP contribution in [0.3, 0.4) is 0 Å². The summed E-state index contributed by atoms with van der Waals surface area (Å²) in [6, 6.07) is 5.19. The first-order valence-electron chi connectivity index (χ1n) is 9.95. The summed E-state index contributed by atoms with van der Waals surface area (Å²) in [7, 11) is 1.65. The lowest BCUT2D eigenvalue weighted by Gasteiger charge is -2.33. The number of hydrogen-bond acceptors (Lipinski definition) is 5. The second-order valence-electron chi connectivity index (χ2n) is 8.64. The summed E-state index contributed by atoms with van der Waals surface area (Å²) in [5.41, 5.74) is 2.47. The number of carbonyl (C=O) groups is 1. The number of aromatic nitrogens is 2. The summed E-state index contributed by atoms with van der Waals surface area (Å²) in [5.74, 6) is 0.105. The minimum Gasteiger partial charge on any atom is -0.772 e. The molecule has 0 radical (unpaired) electrons. The molecule has 2 atom stereocenters. The Labute approximate surface area is 181 Å². The van der Waals surface area contributed by atoms with Crippen molar-refractivity contribution in [2.75, 3.05) is 5.32 Å². The highest BCUT2D eigenvalue weighted by Gasteiger charge is 2.34. The second kappa shape index (κ2) is 7.35. The Kier molecular flexibility index (Phi) is 5.06. The van der Waals surface area contributed by atoms with Gasteiger partial charge in [0.05, 0.1) is 10.4 Å². The number of pyridine rings is 1. The zero-order valence-corrected chi connectivity index (χ0v) is 18.8. The van der Waals surface area contributed by atoms with Crippen LogP contribution in [0.25, 0.3) is 22.0 Å². The van der Waals surface area contributed by atoms with Crippen LogP contribution < -0.4 is 15.6 Å². The summed E-state index contributed by atoms with van der Waals surface area (Å²) < 4.78 is 30.3. The summed E-state index contributed by atoms with van der Waals surface area (Å²) in [6.07, 6.45) is 2.69. The van der Waals surface area contributed by atoms with Gasteiger partial charge in [-0.1, -0.05) is 13.8 Å². The van der Waals surface area contributed by atoms with Gasteiger partial charge in [0.1, 0.15) is 5.52 Å². The second-order valence-corrected chi connectivity index (χ2v) is 10.1. The maximum atomic E-state index is 12.6. The summed E-state index contributed by atoms with van der Waals surface area (Å²) in [5, 5.41) is 3.56. The van der Waals surface area contributed by atoms with Crippen molar-refractivity contribution in [3.63, 3.8) is 0 Å². The largest absolute Gasteiger partial charge is 0.772 e. The molecule has 0 saturated heterocycles. The number of benzene rings is 1. The third-order valence-electron chi connectivity index (χ3n) is 5.75. The minimum absolute atomic E-state index is 0.0707. The van der Waals surface area contributed by atoms with Gasteiger partial charge in [0.2, 0.25) is 0 Å². The molecule has 0 aliphatic carbocycles. The van der Waals surface area contributed by atoms with E-state index in [-0.39, 0.29) is 17.4 Å². The van der Waals surface area contributed by atoms with Crippen molar-refractivity contribution in [3.8, 4) is 16.9 Å². The number of carbonyl (C=O) groups excluding carboxylic acids is 1. The molecular formula is C22H24N3O5S-. The van der Waals surface area contributed by atoms with Gasteiger partial charge in [0.25, 0.3) is 11.5 Å². The van der Waals surface area contributed by atoms with Gasteiger partial charge in [-0.25, -0.2) is 0 Å². The van der Waals surface area contributed by atoms with Gasteiger partial charge in [-0.15, -0.1) is 0 Å². The van der Waals surface area contributed by atoms with E-state index >= 15 is 0 Å². The van der Waals surface area contributed by atoms with Crippen molar-refractivity contribution < 1.29 is 18.3 Å². The van der Waals surface area contributed by atoms with Gasteiger partial charge >= 0.3 is 0 Å². The molecule has 1 aromatic carbocycles. The molecular weight excluding hydrogens is 418 g/mol. The molecule has 8 nitrogen and oxygen atoms in total. The number of H-pyrrole nitrogens is 1. The van der Waals surface area contributed by atoms with Crippen molar-refractivity contribution in [1.82, 2.24) is 9.55 Å². The van der Waals surface area contributed by atoms with Crippen LogP contribution in [0.1, 0.15) is 33.3 Å². The average molecular weight is 443 g/mol. The Morgan fingerprint density at radius 2 is 1.94 bits per heavy atom. The standard InChI is InChI=1S/C22H25N3O5S/c1-11(2)18-20(26)24-16-9-12(22(3,4)31(28)29)8-14(19(16)30-18)15-10-25(5)21(27)17-13(15)6-7-23-17/h6-11,18,23H,1-5H3,(H,24,26)(H,28,29)/p-1. The highest BCUT2D eigenvalue weighted by Crippen LogP contribution is 2.45. The van der Waals surface area contributed by atoms with Crippen molar-refractivity contribution in [3.05, 3.63) is 46.5 Å². The van der Waals surface area contributed by atoms with Crippen molar-refractivity contribution >= 4 is 33.6 Å². The van der Waals surface area contributed by atoms with Gasteiger partial charge < -0.3 is 24.2 Å². The summed E-state index contributed by atoms with van der Waals surface area (Å²) >= 11 is -2.41. The Morgan fingerprint density at radius 1 is 1.23 bits per heavy atom. The molecule has 0 fully saturated rings. The lowest BCUT2D eigenvalue weighted by molar-refractivity contribution is -0.125. The van der Waals surface area contributed by atoms with Gasteiger partial charge in [-0.05, 0) is 54.6 Å². The van der Waals surface area contributed by atoms with Crippen LogP contribution in [0.15, 0.2) is 35.4 Å². The quantitative estimate of drug-likeness (QED) is 0.603. The van der Waals surface area contributed by atoms with Crippen molar-refractivity contribution in [2.45, 2.75) is 38.5 Å². The number of amides is 1. The minimum atomic E-state index is -2.41. The number of hydrogen-bond donors (Lipinski definition) is 2. The maximum absolute atomic E-state index is 12.6. The fourth-order valence-electron chi connectivity index (χ4n) is 3.80. The van der Waals surface area contributed by atoms with E-state index in [4.69, 9.17) is 4.74 Å². The molecule has 2 aromatic heterocycles. The number of fused-ring (bicyclic) bond motifs is 2. The number of nitrogens with one attached hydrogen (secondary N) is 2. The molecule has 0 saturated carbocycles. The molecule has 0 bridgehead atoms. The third-order valence-corrected chi connectivity index (χ3v) is 6.82. The van der Waals surface area contributed by atoms with Crippen molar-refractivity contribution in [2.24, 2.45) is 13.0 Å². The predicted octanol–water partition coefficient (Wildman–Crippen LogP) is 3.00. The first-order valence-corrected chi connectivity index (χ1v) is 11.0. The fourth-order valence-corrected chi connectivity index (χ4v) is 4.11. The molecule has 2 unspecified atom stereocenters. The fraction of sp³-hybridized carbons (Fsp3) is 0.364. The number of aromatic amines is 1. The van der Waals surface area contributed by atoms with Crippen LogP contribution in [-0.2, 0) is 27.7 Å². The van der Waals surface area contributed by atoms with E-state index in [1.165, 1.54) is 4.57 Å². The van der Waals surface area contributed by atoms with Crippen LogP contribution in [0.2, 0.25) is 0 Å². The third kappa shape index (κ3) is 3.37. The first-order chi connectivity index (χ1) is 14.5. The Bertz CT molecular complexity index is 1290. The van der Waals surface area contributed by atoms with Crippen LogP contribution in [0, 0.1) is 5.92 Å². The molecule has 1 aliphatic rings.